The van der Waals surface area contributed by atoms with Gasteiger partial charge in [-0.1, -0.05) is 6.07 Å². The topological polar surface area (TPSA) is 98.6 Å². The van der Waals surface area contributed by atoms with Crippen molar-refractivity contribution < 1.29 is 19.1 Å². The molecule has 33 heavy (non-hydrogen) atoms. The number of carbonyl (C=O) groups is 2. The molecular formula is C24H27N5O4. The molecule has 3 aromatic rings. The number of amides is 1. The van der Waals surface area contributed by atoms with Gasteiger partial charge in [0.15, 0.2) is 0 Å². The lowest BCUT2D eigenvalue weighted by atomic mass is 10.2. The lowest BCUT2D eigenvalue weighted by Gasteiger charge is -2.27. The van der Waals surface area contributed by atoms with Gasteiger partial charge in [-0.25, -0.2) is 14.5 Å². The van der Waals surface area contributed by atoms with E-state index >= 15 is 0 Å². The van der Waals surface area contributed by atoms with Crippen LogP contribution < -0.4 is 10.2 Å². The Labute approximate surface area is 192 Å². The summed E-state index contributed by atoms with van der Waals surface area (Å²) in [5, 5.41) is 7.20. The van der Waals surface area contributed by atoms with Gasteiger partial charge in [-0.3, -0.25) is 4.79 Å². The van der Waals surface area contributed by atoms with Crippen molar-refractivity contribution in [3.8, 4) is 5.69 Å². The van der Waals surface area contributed by atoms with E-state index in [2.05, 4.69) is 20.3 Å². The SMILES string of the molecule is CCOC(=O)c1cnn(-c2ccc(C(=O)NCc3ccc(N4CCOCC4)nc3)cc2)c1C. The van der Waals surface area contributed by atoms with E-state index in [1.54, 1.807) is 49.0 Å². The Hall–Kier alpha value is -3.72. The van der Waals surface area contributed by atoms with Crippen molar-refractivity contribution >= 4 is 17.7 Å². The highest BCUT2D eigenvalue weighted by Crippen LogP contribution is 2.17. The van der Waals surface area contributed by atoms with Gasteiger partial charge in [-0.15, -0.1) is 0 Å². The molecule has 9 nitrogen and oxygen atoms in total. The van der Waals surface area contributed by atoms with Gasteiger partial charge in [0.2, 0.25) is 0 Å². The van der Waals surface area contributed by atoms with Crippen LogP contribution in [0.25, 0.3) is 5.69 Å². The maximum Gasteiger partial charge on any atom is 0.341 e. The normalized spacial score (nSPS) is 13.6. The van der Waals surface area contributed by atoms with Gasteiger partial charge in [0.25, 0.3) is 5.91 Å². The highest BCUT2D eigenvalue weighted by Gasteiger charge is 2.16. The molecule has 1 amide bonds. The second kappa shape index (κ2) is 10.3. The molecule has 0 unspecified atom stereocenters. The highest BCUT2D eigenvalue weighted by molar-refractivity contribution is 5.94. The Balaban J connectivity index is 1.35. The molecule has 1 fully saturated rings. The Kier molecular flexibility index (Phi) is 6.99. The quantitative estimate of drug-likeness (QED) is 0.554. The number of pyridine rings is 1. The van der Waals surface area contributed by atoms with Crippen molar-refractivity contribution in [2.24, 2.45) is 0 Å². The number of rotatable bonds is 7. The second-order valence-electron chi connectivity index (χ2n) is 7.63. The lowest BCUT2D eigenvalue weighted by molar-refractivity contribution is 0.0525. The smallest absolute Gasteiger partial charge is 0.341 e. The number of anilines is 1. The van der Waals surface area contributed by atoms with Crippen molar-refractivity contribution in [2.75, 3.05) is 37.8 Å². The minimum absolute atomic E-state index is 0.178. The molecule has 3 heterocycles. The Morgan fingerprint density at radius 2 is 1.85 bits per heavy atom. The number of ether oxygens (including phenoxy) is 2. The Morgan fingerprint density at radius 3 is 2.52 bits per heavy atom. The van der Waals surface area contributed by atoms with Crippen molar-refractivity contribution in [2.45, 2.75) is 20.4 Å². The molecule has 0 aliphatic carbocycles. The first-order valence-corrected chi connectivity index (χ1v) is 10.9. The average molecular weight is 450 g/mol. The van der Waals surface area contributed by atoms with Gasteiger partial charge >= 0.3 is 5.97 Å². The van der Waals surface area contributed by atoms with Gasteiger partial charge in [0, 0.05) is 31.4 Å². The number of nitrogens with one attached hydrogen (secondary N) is 1. The van der Waals surface area contributed by atoms with E-state index in [9.17, 15) is 9.59 Å². The highest BCUT2D eigenvalue weighted by atomic mass is 16.5. The van der Waals surface area contributed by atoms with Crippen LogP contribution in [0, 0.1) is 6.92 Å². The fourth-order valence-electron chi connectivity index (χ4n) is 3.62. The van der Waals surface area contributed by atoms with Gasteiger partial charge in [-0.2, -0.15) is 5.10 Å². The molecule has 1 saturated heterocycles. The zero-order valence-electron chi connectivity index (χ0n) is 18.8. The average Bonchev–Trinajstić information content (AvgIpc) is 3.25. The third kappa shape index (κ3) is 5.20. The van der Waals surface area contributed by atoms with Crippen LogP contribution in [0.2, 0.25) is 0 Å². The van der Waals surface area contributed by atoms with Crippen LogP contribution >= 0.6 is 0 Å². The van der Waals surface area contributed by atoms with Crippen LogP contribution in [0.15, 0.2) is 48.8 Å². The minimum atomic E-state index is -0.398. The first-order valence-electron chi connectivity index (χ1n) is 10.9. The summed E-state index contributed by atoms with van der Waals surface area (Å²) in [5.41, 5.74) is 3.32. The molecule has 1 aromatic carbocycles. The van der Waals surface area contributed by atoms with E-state index in [4.69, 9.17) is 9.47 Å². The number of hydrogen-bond acceptors (Lipinski definition) is 7. The number of carbonyl (C=O) groups excluding carboxylic acids is 2. The molecule has 2 aromatic heterocycles. The maximum absolute atomic E-state index is 12.6. The number of aromatic nitrogens is 3. The number of morpholine rings is 1. The van der Waals surface area contributed by atoms with E-state index < -0.39 is 5.97 Å². The van der Waals surface area contributed by atoms with Crippen molar-refractivity contribution in [1.29, 1.82) is 0 Å². The van der Waals surface area contributed by atoms with Crippen LogP contribution in [0.3, 0.4) is 0 Å². The van der Waals surface area contributed by atoms with Gasteiger partial charge in [-0.05, 0) is 49.7 Å². The Bertz CT molecular complexity index is 1100. The maximum atomic E-state index is 12.6. The molecule has 0 saturated carbocycles. The molecule has 0 spiro atoms. The molecule has 1 aliphatic heterocycles. The van der Waals surface area contributed by atoms with E-state index in [0.717, 1.165) is 30.2 Å². The summed E-state index contributed by atoms with van der Waals surface area (Å²) >= 11 is 0. The van der Waals surface area contributed by atoms with Crippen LogP contribution in [0.5, 0.6) is 0 Å². The van der Waals surface area contributed by atoms with E-state index in [1.807, 2.05) is 12.1 Å². The van der Waals surface area contributed by atoms with Crippen molar-refractivity contribution in [1.82, 2.24) is 20.1 Å². The number of nitrogens with zero attached hydrogens (tertiary/aromatic N) is 4. The molecular weight excluding hydrogens is 422 g/mol. The summed E-state index contributed by atoms with van der Waals surface area (Å²) in [7, 11) is 0. The zero-order chi connectivity index (χ0) is 23.2. The monoisotopic (exact) mass is 449 g/mol. The van der Waals surface area contributed by atoms with E-state index in [1.165, 1.54) is 6.20 Å². The van der Waals surface area contributed by atoms with Gasteiger partial charge in [0.05, 0.1) is 37.4 Å². The van der Waals surface area contributed by atoms with Crippen LogP contribution in [-0.2, 0) is 16.0 Å². The lowest BCUT2D eigenvalue weighted by Crippen LogP contribution is -2.36. The van der Waals surface area contributed by atoms with Crippen LogP contribution in [0.4, 0.5) is 5.82 Å². The zero-order valence-corrected chi connectivity index (χ0v) is 18.8. The molecule has 1 aliphatic rings. The summed E-state index contributed by atoms with van der Waals surface area (Å²) in [6.07, 6.45) is 3.28. The third-order valence-electron chi connectivity index (χ3n) is 5.48. The minimum Gasteiger partial charge on any atom is -0.462 e. The van der Waals surface area contributed by atoms with E-state index in [0.29, 0.717) is 43.2 Å². The summed E-state index contributed by atoms with van der Waals surface area (Å²) in [6.45, 7) is 7.36. The summed E-state index contributed by atoms with van der Waals surface area (Å²) in [6, 6.07) is 11.0. The van der Waals surface area contributed by atoms with Crippen molar-refractivity contribution in [3.05, 3.63) is 71.2 Å². The molecule has 0 atom stereocenters. The molecule has 9 heteroatoms. The summed E-state index contributed by atoms with van der Waals surface area (Å²) < 4.78 is 12.1. The molecule has 1 N–H and O–H groups in total. The summed E-state index contributed by atoms with van der Waals surface area (Å²) in [4.78, 5) is 31.3. The molecule has 172 valence electrons. The first kappa shape index (κ1) is 22.5. The molecule has 4 rings (SSSR count). The fourth-order valence-corrected chi connectivity index (χ4v) is 3.62. The Morgan fingerprint density at radius 1 is 1.09 bits per heavy atom. The first-order chi connectivity index (χ1) is 16.1. The number of hydrogen-bond donors (Lipinski definition) is 1. The number of esters is 1. The van der Waals surface area contributed by atoms with E-state index in [-0.39, 0.29) is 5.91 Å². The predicted molar refractivity (Wildman–Crippen MR) is 123 cm³/mol. The largest absolute Gasteiger partial charge is 0.462 e. The molecule has 0 radical (unpaired) electrons. The van der Waals surface area contributed by atoms with Gasteiger partial charge < -0.3 is 19.7 Å². The predicted octanol–water partition coefficient (Wildman–Crippen LogP) is 2.52. The fraction of sp³-hybridized carbons (Fsp3) is 0.333. The van der Waals surface area contributed by atoms with Crippen LogP contribution in [0.1, 0.15) is 38.9 Å². The van der Waals surface area contributed by atoms with Gasteiger partial charge in [0.1, 0.15) is 11.4 Å². The second-order valence-corrected chi connectivity index (χ2v) is 7.63. The third-order valence-corrected chi connectivity index (χ3v) is 5.48. The number of benzene rings is 1. The standard InChI is InChI=1S/C24H27N5O4/c1-3-33-24(31)21-16-27-29(17(21)2)20-7-5-19(6-8-20)23(30)26-15-18-4-9-22(25-14-18)28-10-12-32-13-11-28/h4-9,14,16H,3,10-13,15H2,1-2H3,(H,26,30). The van der Waals surface area contributed by atoms with Crippen molar-refractivity contribution in [3.63, 3.8) is 0 Å². The summed E-state index contributed by atoms with van der Waals surface area (Å²) in [5.74, 6) is 0.344. The molecule has 0 bridgehead atoms. The van der Waals surface area contributed by atoms with Crippen LogP contribution in [-0.4, -0.2) is 59.6 Å².